The van der Waals surface area contributed by atoms with Crippen molar-refractivity contribution < 1.29 is 18.0 Å². The molecular weight excluding hydrogens is 457 g/mol. The summed E-state index contributed by atoms with van der Waals surface area (Å²) in [6.45, 7) is 11.2. The fourth-order valence-electron chi connectivity index (χ4n) is 4.65. The van der Waals surface area contributed by atoms with Gasteiger partial charge >= 0.3 is 6.18 Å². The molecule has 10 heteroatoms. The Bertz CT molecular complexity index is 1270. The molecule has 3 aromatic rings. The second-order valence-corrected chi connectivity index (χ2v) is 8.96. The second-order valence-electron chi connectivity index (χ2n) is 8.96. The van der Waals surface area contributed by atoms with Crippen LogP contribution < -0.4 is 10.2 Å². The van der Waals surface area contributed by atoms with Gasteiger partial charge < -0.3 is 15.1 Å². The van der Waals surface area contributed by atoms with Gasteiger partial charge in [0.25, 0.3) is 0 Å². The smallest absolute Gasteiger partial charge is 0.366 e. The number of nitrogens with zero attached hydrogens (tertiary/aromatic N) is 5. The number of benzene rings is 1. The number of nitrogens with one attached hydrogen (secondary N) is 1. The van der Waals surface area contributed by atoms with Crippen molar-refractivity contribution >= 4 is 28.4 Å². The Morgan fingerprint density at radius 1 is 1.06 bits per heavy atom. The van der Waals surface area contributed by atoms with Crippen molar-refractivity contribution in [3.05, 3.63) is 52.5 Å². The molecule has 7 nitrogen and oxygen atoms in total. The summed E-state index contributed by atoms with van der Waals surface area (Å²) in [4.78, 5) is 29.4. The minimum atomic E-state index is -4.42. The second kappa shape index (κ2) is 9.31. The van der Waals surface area contributed by atoms with Crippen molar-refractivity contribution in [1.82, 2.24) is 19.9 Å². The van der Waals surface area contributed by atoms with E-state index in [9.17, 15) is 18.0 Å². The molecule has 1 amide bonds. The van der Waals surface area contributed by atoms with Crippen molar-refractivity contribution in [2.24, 2.45) is 0 Å². The molecule has 4 rings (SSSR count). The lowest BCUT2D eigenvalue weighted by Crippen LogP contribution is -2.48. The number of amides is 1. The maximum Gasteiger partial charge on any atom is 0.416 e. The van der Waals surface area contributed by atoms with E-state index >= 15 is 0 Å². The number of carbonyl (C=O) groups excluding carboxylic acids is 1. The highest BCUT2D eigenvalue weighted by Gasteiger charge is 2.33. The van der Waals surface area contributed by atoms with Crippen LogP contribution in [0.3, 0.4) is 0 Å². The molecule has 1 aliphatic rings. The Kier molecular flexibility index (Phi) is 6.57. The molecule has 0 saturated carbocycles. The minimum absolute atomic E-state index is 0.0623. The Balaban J connectivity index is 1.69. The van der Waals surface area contributed by atoms with Crippen LogP contribution in [0.2, 0.25) is 0 Å². The first-order valence-electron chi connectivity index (χ1n) is 11.6. The zero-order chi connectivity index (χ0) is 25.5. The van der Waals surface area contributed by atoms with Crippen LogP contribution in [0.4, 0.5) is 24.7 Å². The molecule has 186 valence electrons. The molecular formula is C25H29F3N6O. The van der Waals surface area contributed by atoms with Crippen LogP contribution >= 0.6 is 0 Å². The number of hydrogen-bond donors (Lipinski definition) is 1. The molecule has 1 aliphatic heterocycles. The summed E-state index contributed by atoms with van der Waals surface area (Å²) in [6.07, 6.45) is -4.42. The fraction of sp³-hybridized carbons (Fsp3) is 0.440. The summed E-state index contributed by atoms with van der Waals surface area (Å²) in [5, 5.41) is 4.00. The van der Waals surface area contributed by atoms with Gasteiger partial charge in [-0.05, 0) is 51.0 Å². The molecule has 1 atom stereocenters. The number of rotatable bonds is 4. The Labute approximate surface area is 202 Å². The van der Waals surface area contributed by atoms with E-state index in [0.717, 1.165) is 17.4 Å². The fourth-order valence-corrected chi connectivity index (χ4v) is 4.65. The first-order chi connectivity index (χ1) is 16.5. The van der Waals surface area contributed by atoms with E-state index in [0.29, 0.717) is 54.4 Å². The minimum Gasteiger partial charge on any atom is -0.366 e. The van der Waals surface area contributed by atoms with Crippen LogP contribution in [0, 0.1) is 20.8 Å². The molecule has 0 spiro atoms. The van der Waals surface area contributed by atoms with Crippen molar-refractivity contribution in [3.63, 3.8) is 0 Å². The summed E-state index contributed by atoms with van der Waals surface area (Å²) < 4.78 is 40.3. The first-order valence-corrected chi connectivity index (χ1v) is 11.6. The van der Waals surface area contributed by atoms with Gasteiger partial charge in [-0.3, -0.25) is 4.79 Å². The average Bonchev–Trinajstić information content (AvgIpc) is 2.78. The van der Waals surface area contributed by atoms with E-state index < -0.39 is 17.8 Å². The lowest BCUT2D eigenvalue weighted by Gasteiger charge is -2.36. The number of piperazine rings is 1. The maximum atomic E-state index is 13.4. The van der Waals surface area contributed by atoms with Gasteiger partial charge in [0.15, 0.2) is 5.65 Å². The number of alkyl halides is 3. The van der Waals surface area contributed by atoms with Crippen LogP contribution in [0.5, 0.6) is 0 Å². The van der Waals surface area contributed by atoms with Crippen LogP contribution in [0.15, 0.2) is 24.3 Å². The van der Waals surface area contributed by atoms with Crippen LogP contribution in [-0.2, 0) is 11.0 Å². The predicted molar refractivity (Wildman–Crippen MR) is 129 cm³/mol. The van der Waals surface area contributed by atoms with E-state index in [1.54, 1.807) is 19.9 Å². The maximum absolute atomic E-state index is 13.4. The van der Waals surface area contributed by atoms with Gasteiger partial charge in [-0.25, -0.2) is 15.0 Å². The van der Waals surface area contributed by atoms with Gasteiger partial charge in [0, 0.05) is 33.1 Å². The number of aromatic nitrogens is 3. The summed E-state index contributed by atoms with van der Waals surface area (Å²) in [6, 6.07) is 5.77. The zero-order valence-electron chi connectivity index (χ0n) is 20.5. The highest BCUT2D eigenvalue weighted by Crippen LogP contribution is 2.36. The van der Waals surface area contributed by atoms with E-state index in [2.05, 4.69) is 20.2 Å². The third kappa shape index (κ3) is 5.01. The molecule has 2 aromatic heterocycles. The molecule has 1 N–H and O–H groups in total. The van der Waals surface area contributed by atoms with E-state index in [1.807, 2.05) is 24.8 Å². The van der Waals surface area contributed by atoms with Crippen LogP contribution in [0.25, 0.3) is 11.0 Å². The van der Waals surface area contributed by atoms with Crippen LogP contribution in [-0.4, -0.2) is 51.9 Å². The summed E-state index contributed by atoms with van der Waals surface area (Å²) in [5.74, 6) is 1.10. The third-order valence-electron chi connectivity index (χ3n) is 6.53. The largest absolute Gasteiger partial charge is 0.416 e. The number of carbonyl (C=O) groups is 1. The normalized spacial score (nSPS) is 15.4. The SMILES string of the molecule is CC(=O)N1CCN(c2cc3c(N[C@H](C)c4cccc(C(F)(F)F)c4C)nc(C)nc3nc2C)CC1. The standard InChI is InChI=1S/C25H29F3N6O/c1-14-19(7-6-8-21(14)25(26,27)28)15(2)29-23-20-13-22(16(3)30-24(20)32-17(4)31-23)34-11-9-33(10-12-34)18(5)35/h6-8,13,15H,9-12H2,1-5H3,(H,29,30,31,32)/t15-/m1/s1. The van der Waals surface area contributed by atoms with Gasteiger partial charge in [0.2, 0.25) is 5.91 Å². The number of hydrogen-bond acceptors (Lipinski definition) is 6. The highest BCUT2D eigenvalue weighted by atomic mass is 19.4. The van der Waals surface area contributed by atoms with E-state index in [4.69, 9.17) is 4.98 Å². The number of fused-ring (bicyclic) bond motifs is 1. The van der Waals surface area contributed by atoms with Crippen molar-refractivity contribution in [1.29, 1.82) is 0 Å². The lowest BCUT2D eigenvalue weighted by molar-refractivity contribution is -0.138. The van der Waals surface area contributed by atoms with Crippen molar-refractivity contribution in [2.75, 3.05) is 36.4 Å². The Hall–Kier alpha value is -3.43. The molecule has 1 aromatic carbocycles. The quantitative estimate of drug-likeness (QED) is 0.571. The van der Waals surface area contributed by atoms with Crippen molar-refractivity contribution in [2.45, 2.75) is 46.8 Å². The van der Waals surface area contributed by atoms with E-state index in [-0.39, 0.29) is 11.5 Å². The molecule has 0 bridgehead atoms. The van der Waals surface area contributed by atoms with Crippen molar-refractivity contribution in [3.8, 4) is 0 Å². The molecule has 1 fully saturated rings. The third-order valence-corrected chi connectivity index (χ3v) is 6.53. The van der Waals surface area contributed by atoms with Gasteiger partial charge in [-0.1, -0.05) is 12.1 Å². The Morgan fingerprint density at radius 2 is 1.74 bits per heavy atom. The van der Waals surface area contributed by atoms with Gasteiger partial charge in [-0.15, -0.1) is 0 Å². The summed E-state index contributed by atoms with van der Waals surface area (Å²) in [7, 11) is 0. The molecule has 0 unspecified atom stereocenters. The topological polar surface area (TPSA) is 74.2 Å². The highest BCUT2D eigenvalue weighted by molar-refractivity contribution is 5.90. The lowest BCUT2D eigenvalue weighted by atomic mass is 9.97. The number of anilines is 2. The molecule has 35 heavy (non-hydrogen) atoms. The van der Waals surface area contributed by atoms with Gasteiger partial charge in [-0.2, -0.15) is 13.2 Å². The monoisotopic (exact) mass is 486 g/mol. The molecule has 1 saturated heterocycles. The Morgan fingerprint density at radius 3 is 2.37 bits per heavy atom. The van der Waals surface area contributed by atoms with E-state index in [1.165, 1.54) is 13.0 Å². The molecule has 3 heterocycles. The van der Waals surface area contributed by atoms with Gasteiger partial charge in [0.05, 0.1) is 28.4 Å². The number of pyridine rings is 1. The zero-order valence-corrected chi connectivity index (χ0v) is 20.5. The van der Waals surface area contributed by atoms with Gasteiger partial charge in [0.1, 0.15) is 11.6 Å². The number of halogens is 3. The average molecular weight is 487 g/mol. The summed E-state index contributed by atoms with van der Waals surface area (Å²) >= 11 is 0. The molecule has 0 aliphatic carbocycles. The predicted octanol–water partition coefficient (Wildman–Crippen LogP) is 4.81. The van der Waals surface area contributed by atoms with Crippen LogP contribution in [0.1, 0.15) is 48.1 Å². The summed E-state index contributed by atoms with van der Waals surface area (Å²) in [5.41, 5.74) is 2.37. The first kappa shape index (κ1) is 24.7. The molecule has 0 radical (unpaired) electrons. The number of aryl methyl sites for hydroxylation is 2.